The molecule has 172 valence electrons. The first-order chi connectivity index (χ1) is 16.6. The zero-order valence-electron chi connectivity index (χ0n) is 19.8. The molecular formula is C28H29N5S. The Bertz CT molecular complexity index is 1300. The molecule has 6 heteroatoms. The summed E-state index contributed by atoms with van der Waals surface area (Å²) in [5.74, 6) is 0. The fourth-order valence-corrected chi connectivity index (χ4v) is 5.39. The van der Waals surface area contributed by atoms with Gasteiger partial charge in [-0.3, -0.25) is 9.97 Å². The van der Waals surface area contributed by atoms with Crippen LogP contribution in [-0.2, 0) is 13.0 Å². The molecule has 34 heavy (non-hydrogen) atoms. The molecule has 5 nitrogen and oxygen atoms in total. The molecular weight excluding hydrogens is 438 g/mol. The SMILES string of the molecule is CCc1ccccc1-n1c(C)cc([C@H]2[C@H](c3ccccn3)NC(=S)N2Cc2ccncc2)c1C. The summed E-state index contributed by atoms with van der Waals surface area (Å²) in [6.07, 6.45) is 6.51. The number of aromatic nitrogens is 3. The summed E-state index contributed by atoms with van der Waals surface area (Å²) in [7, 11) is 0. The number of thiocarbonyl (C=S) groups is 1. The molecule has 1 aliphatic rings. The van der Waals surface area contributed by atoms with Crippen LogP contribution in [0.1, 0.15) is 52.8 Å². The number of hydrogen-bond donors (Lipinski definition) is 1. The average Bonchev–Trinajstić information content (AvgIpc) is 3.35. The molecule has 1 N–H and O–H groups in total. The number of nitrogens with one attached hydrogen (secondary N) is 1. The first-order valence-electron chi connectivity index (χ1n) is 11.7. The van der Waals surface area contributed by atoms with Crippen LogP contribution in [0.5, 0.6) is 0 Å². The molecule has 2 atom stereocenters. The Morgan fingerprint density at radius 2 is 1.74 bits per heavy atom. The van der Waals surface area contributed by atoms with Gasteiger partial charge in [0.1, 0.15) is 0 Å². The van der Waals surface area contributed by atoms with Crippen molar-refractivity contribution in [1.82, 2.24) is 24.8 Å². The van der Waals surface area contributed by atoms with E-state index in [0.29, 0.717) is 6.54 Å². The van der Waals surface area contributed by atoms with E-state index < -0.39 is 0 Å². The molecule has 1 aromatic carbocycles. The maximum atomic E-state index is 5.87. The number of rotatable bonds is 6. The molecule has 0 spiro atoms. The molecule has 0 saturated carbocycles. The molecule has 0 radical (unpaired) electrons. The molecule has 4 heterocycles. The first kappa shape index (κ1) is 22.3. The quantitative estimate of drug-likeness (QED) is 0.373. The van der Waals surface area contributed by atoms with E-state index in [9.17, 15) is 0 Å². The Morgan fingerprint density at radius 3 is 2.47 bits per heavy atom. The zero-order valence-corrected chi connectivity index (χ0v) is 20.6. The predicted molar refractivity (Wildman–Crippen MR) is 140 cm³/mol. The number of nitrogens with zero attached hydrogens (tertiary/aromatic N) is 4. The molecule has 1 saturated heterocycles. The molecule has 4 aromatic rings. The lowest BCUT2D eigenvalue weighted by Gasteiger charge is -2.28. The molecule has 1 aliphatic heterocycles. The number of benzene rings is 1. The maximum Gasteiger partial charge on any atom is 0.170 e. The zero-order chi connectivity index (χ0) is 23.7. The van der Waals surface area contributed by atoms with Gasteiger partial charge in [0, 0.05) is 42.2 Å². The van der Waals surface area contributed by atoms with E-state index in [1.807, 2.05) is 30.7 Å². The van der Waals surface area contributed by atoms with E-state index >= 15 is 0 Å². The monoisotopic (exact) mass is 467 g/mol. The summed E-state index contributed by atoms with van der Waals surface area (Å²) in [5.41, 5.74) is 8.47. The van der Waals surface area contributed by atoms with Crippen LogP contribution in [-0.4, -0.2) is 24.5 Å². The Kier molecular flexibility index (Phi) is 6.16. The number of hydrogen-bond acceptors (Lipinski definition) is 3. The highest BCUT2D eigenvalue weighted by Crippen LogP contribution is 2.42. The highest BCUT2D eigenvalue weighted by Gasteiger charge is 2.41. The van der Waals surface area contributed by atoms with Crippen molar-refractivity contribution in [2.24, 2.45) is 0 Å². The van der Waals surface area contributed by atoms with Gasteiger partial charge >= 0.3 is 0 Å². The van der Waals surface area contributed by atoms with Gasteiger partial charge in [-0.15, -0.1) is 0 Å². The third-order valence-corrected chi connectivity index (χ3v) is 7.05. The van der Waals surface area contributed by atoms with Crippen LogP contribution in [0.2, 0.25) is 0 Å². The Balaban J connectivity index is 1.64. The molecule has 0 amide bonds. The summed E-state index contributed by atoms with van der Waals surface area (Å²) in [5, 5.41) is 4.32. The smallest absolute Gasteiger partial charge is 0.170 e. The number of aryl methyl sites for hydroxylation is 2. The maximum absolute atomic E-state index is 5.87. The lowest BCUT2D eigenvalue weighted by molar-refractivity contribution is 0.310. The third-order valence-electron chi connectivity index (χ3n) is 6.70. The van der Waals surface area contributed by atoms with Gasteiger partial charge in [-0.05, 0) is 85.6 Å². The van der Waals surface area contributed by atoms with Crippen molar-refractivity contribution in [3.63, 3.8) is 0 Å². The van der Waals surface area contributed by atoms with Crippen LogP contribution in [0.4, 0.5) is 0 Å². The summed E-state index contributed by atoms with van der Waals surface area (Å²) < 4.78 is 2.38. The summed E-state index contributed by atoms with van der Waals surface area (Å²) >= 11 is 5.87. The van der Waals surface area contributed by atoms with Crippen LogP contribution in [0.25, 0.3) is 5.69 Å². The Morgan fingerprint density at radius 1 is 0.971 bits per heavy atom. The summed E-state index contributed by atoms with van der Waals surface area (Å²) in [6, 6.07) is 21.1. The molecule has 0 unspecified atom stereocenters. The van der Waals surface area contributed by atoms with E-state index in [1.165, 1.54) is 33.8 Å². The molecule has 5 rings (SSSR count). The lowest BCUT2D eigenvalue weighted by atomic mass is 9.96. The minimum Gasteiger partial charge on any atom is -0.352 e. The van der Waals surface area contributed by atoms with E-state index in [0.717, 1.165) is 17.2 Å². The standard InChI is InChI=1S/C28H29N5S/c1-4-22-9-5-6-11-25(22)33-19(2)17-23(20(33)3)27-26(24-10-7-8-14-30-24)31-28(34)32(27)18-21-12-15-29-16-13-21/h5-17,26-27H,4,18H2,1-3H3,(H,31,34)/t26-,27-/m0/s1. The largest absolute Gasteiger partial charge is 0.352 e. The van der Waals surface area contributed by atoms with Gasteiger partial charge in [0.25, 0.3) is 0 Å². The fourth-order valence-electron chi connectivity index (χ4n) is 5.08. The Labute approximate surface area is 206 Å². The highest BCUT2D eigenvalue weighted by molar-refractivity contribution is 7.80. The van der Waals surface area contributed by atoms with Crippen molar-refractivity contribution >= 4 is 17.3 Å². The molecule has 1 fully saturated rings. The average molecular weight is 468 g/mol. The molecule has 0 bridgehead atoms. The third kappa shape index (κ3) is 3.99. The van der Waals surface area contributed by atoms with Crippen LogP contribution < -0.4 is 5.32 Å². The number of para-hydroxylation sites is 1. The van der Waals surface area contributed by atoms with Gasteiger partial charge in [0.15, 0.2) is 5.11 Å². The lowest BCUT2D eigenvalue weighted by Crippen LogP contribution is -2.29. The van der Waals surface area contributed by atoms with E-state index in [4.69, 9.17) is 17.2 Å². The first-order valence-corrected chi connectivity index (χ1v) is 12.1. The predicted octanol–water partition coefficient (Wildman–Crippen LogP) is 5.62. The van der Waals surface area contributed by atoms with E-state index in [1.54, 1.807) is 0 Å². The second kappa shape index (κ2) is 9.39. The second-order valence-corrected chi connectivity index (χ2v) is 9.14. The highest BCUT2D eigenvalue weighted by atomic mass is 32.1. The van der Waals surface area contributed by atoms with Gasteiger partial charge in [-0.25, -0.2) is 0 Å². The van der Waals surface area contributed by atoms with Crippen LogP contribution in [0, 0.1) is 13.8 Å². The number of pyridine rings is 2. The van der Waals surface area contributed by atoms with Crippen LogP contribution >= 0.6 is 12.2 Å². The molecule has 0 aliphatic carbocycles. The summed E-state index contributed by atoms with van der Waals surface area (Å²) in [4.78, 5) is 11.2. The van der Waals surface area contributed by atoms with Crippen molar-refractivity contribution in [3.8, 4) is 5.69 Å². The normalized spacial score (nSPS) is 17.7. The van der Waals surface area contributed by atoms with Gasteiger partial charge in [-0.1, -0.05) is 31.2 Å². The van der Waals surface area contributed by atoms with Gasteiger partial charge in [0.2, 0.25) is 0 Å². The fraction of sp³-hybridized carbons (Fsp3) is 0.250. The Hall–Kier alpha value is -3.51. The van der Waals surface area contributed by atoms with Crippen molar-refractivity contribution < 1.29 is 0 Å². The second-order valence-electron chi connectivity index (χ2n) is 8.75. The van der Waals surface area contributed by atoms with Gasteiger partial charge < -0.3 is 14.8 Å². The van der Waals surface area contributed by atoms with Crippen molar-refractivity contribution in [2.75, 3.05) is 0 Å². The topological polar surface area (TPSA) is 46.0 Å². The van der Waals surface area contributed by atoms with Crippen molar-refractivity contribution in [2.45, 2.75) is 45.8 Å². The van der Waals surface area contributed by atoms with Crippen molar-refractivity contribution in [1.29, 1.82) is 0 Å². The van der Waals surface area contributed by atoms with Crippen molar-refractivity contribution in [3.05, 3.63) is 113 Å². The van der Waals surface area contributed by atoms with Gasteiger partial charge in [-0.2, -0.15) is 0 Å². The minimum absolute atomic E-state index is 0.0179. The van der Waals surface area contributed by atoms with Crippen LogP contribution in [0.3, 0.4) is 0 Å². The molecule has 3 aromatic heterocycles. The minimum atomic E-state index is -0.0362. The van der Waals surface area contributed by atoms with E-state index in [-0.39, 0.29) is 12.1 Å². The van der Waals surface area contributed by atoms with Gasteiger partial charge in [0.05, 0.1) is 17.8 Å². The van der Waals surface area contributed by atoms with Crippen LogP contribution in [0.15, 0.2) is 79.3 Å². The van der Waals surface area contributed by atoms with E-state index in [2.05, 4.69) is 89.1 Å². The summed E-state index contributed by atoms with van der Waals surface area (Å²) in [6.45, 7) is 7.32.